The summed E-state index contributed by atoms with van der Waals surface area (Å²) in [5.41, 5.74) is 3.17. The van der Waals surface area contributed by atoms with Gasteiger partial charge in [0.25, 0.3) is 5.69 Å². The molecule has 0 aliphatic heterocycles. The second-order valence-corrected chi connectivity index (χ2v) is 7.66. The van der Waals surface area contributed by atoms with E-state index in [0.29, 0.717) is 21.4 Å². The maximum atomic E-state index is 13.2. The Hall–Kier alpha value is -3.36. The number of nitro groups is 1. The summed E-state index contributed by atoms with van der Waals surface area (Å²) in [5, 5.41) is 11.9. The zero-order valence-electron chi connectivity index (χ0n) is 16.4. The third-order valence-electron chi connectivity index (χ3n) is 5.48. The molecule has 9 heteroatoms. The Kier molecular flexibility index (Phi) is 5.43. The molecule has 1 aromatic heterocycles. The van der Waals surface area contributed by atoms with Gasteiger partial charge in [-0.05, 0) is 42.5 Å². The first-order valence-corrected chi connectivity index (χ1v) is 9.80. The number of rotatable bonds is 6. The largest absolute Gasteiger partial charge is 0.464 e. The fraction of sp³-hybridized carbons (Fsp3) is 0.318. The second-order valence-electron chi connectivity index (χ2n) is 7.66. The molecule has 0 fully saturated rings. The van der Waals surface area contributed by atoms with Crippen molar-refractivity contribution in [3.05, 3.63) is 75.0 Å². The van der Waals surface area contributed by atoms with Crippen LogP contribution in [0.2, 0.25) is 0 Å². The summed E-state index contributed by atoms with van der Waals surface area (Å²) in [6.07, 6.45) is -0.627. The van der Waals surface area contributed by atoms with Gasteiger partial charge >= 0.3 is 6.18 Å². The highest BCUT2D eigenvalue weighted by atomic mass is 19.4. The van der Waals surface area contributed by atoms with Crippen LogP contribution in [0.1, 0.15) is 28.7 Å². The topological polar surface area (TPSA) is 76.6 Å². The number of furan rings is 1. The minimum Gasteiger partial charge on any atom is -0.464 e. The maximum absolute atomic E-state index is 13.2. The van der Waals surface area contributed by atoms with Crippen molar-refractivity contribution in [3.8, 4) is 0 Å². The van der Waals surface area contributed by atoms with Crippen LogP contribution in [0.25, 0.3) is 11.0 Å². The van der Waals surface area contributed by atoms with Gasteiger partial charge in [-0.25, -0.2) is 0 Å². The number of hydrogen-bond acceptors (Lipinski definition) is 4. The van der Waals surface area contributed by atoms with E-state index in [1.165, 1.54) is 36.1 Å². The molecule has 162 valence electrons. The van der Waals surface area contributed by atoms with E-state index in [4.69, 9.17) is 4.42 Å². The minimum absolute atomic E-state index is 0.0416. The summed E-state index contributed by atoms with van der Waals surface area (Å²) in [5.74, 6) is -0.779. The molecule has 4 rings (SSSR count). The lowest BCUT2D eigenvalue weighted by atomic mass is 10.0. The molecule has 0 saturated heterocycles. The Bertz CT molecular complexity index is 1150. The Morgan fingerprint density at radius 3 is 2.55 bits per heavy atom. The normalized spacial score (nSPS) is 13.4. The summed E-state index contributed by atoms with van der Waals surface area (Å²) in [6.45, 7) is -2.01. The highest BCUT2D eigenvalue weighted by Gasteiger charge is 2.34. The molecule has 2 aromatic carbocycles. The fourth-order valence-corrected chi connectivity index (χ4v) is 4.04. The first-order chi connectivity index (χ1) is 14.7. The number of hydrogen-bond donors (Lipinski definition) is 0. The summed E-state index contributed by atoms with van der Waals surface area (Å²) in [7, 11) is 0. The van der Waals surface area contributed by atoms with Crippen molar-refractivity contribution in [3.63, 3.8) is 0 Å². The van der Waals surface area contributed by atoms with Crippen molar-refractivity contribution in [2.45, 2.75) is 38.4 Å². The molecule has 1 heterocycles. The maximum Gasteiger partial charge on any atom is 0.406 e. The van der Waals surface area contributed by atoms with E-state index in [9.17, 15) is 28.1 Å². The standard InChI is InChI=1S/C22H19F3N2O4/c23-22(24,25)13-26(11-16-4-1-2-7-19(16)27(29)30)21(28)10-17-12-31-20-9-15-6-3-5-14(15)8-18(17)20/h1-2,4,7-9,12H,3,5-6,10-11,13H2. The fourth-order valence-electron chi connectivity index (χ4n) is 4.04. The zero-order chi connectivity index (χ0) is 22.2. The lowest BCUT2D eigenvalue weighted by Crippen LogP contribution is -2.39. The molecular formula is C22H19F3N2O4. The average molecular weight is 432 g/mol. The molecule has 0 atom stereocenters. The van der Waals surface area contributed by atoms with Crippen LogP contribution in [0.5, 0.6) is 0 Å². The molecule has 0 saturated carbocycles. The van der Waals surface area contributed by atoms with E-state index < -0.39 is 30.1 Å². The number of alkyl halides is 3. The molecule has 0 radical (unpaired) electrons. The van der Waals surface area contributed by atoms with E-state index >= 15 is 0 Å². The highest BCUT2D eigenvalue weighted by Crippen LogP contribution is 2.31. The predicted octanol–water partition coefficient (Wildman–Crippen LogP) is 4.96. The molecule has 1 aliphatic carbocycles. The number of aryl methyl sites for hydroxylation is 2. The zero-order valence-corrected chi connectivity index (χ0v) is 16.4. The van der Waals surface area contributed by atoms with Crippen molar-refractivity contribution >= 4 is 22.6 Å². The summed E-state index contributed by atoms with van der Waals surface area (Å²) < 4.78 is 45.0. The summed E-state index contributed by atoms with van der Waals surface area (Å²) >= 11 is 0. The minimum atomic E-state index is -4.64. The van der Waals surface area contributed by atoms with E-state index in [0.717, 1.165) is 24.8 Å². The first-order valence-electron chi connectivity index (χ1n) is 9.80. The van der Waals surface area contributed by atoms with Crippen molar-refractivity contribution in [2.75, 3.05) is 6.54 Å². The van der Waals surface area contributed by atoms with Crippen molar-refractivity contribution < 1.29 is 27.3 Å². The van der Waals surface area contributed by atoms with Gasteiger partial charge in [-0.15, -0.1) is 0 Å². The van der Waals surface area contributed by atoms with Gasteiger partial charge < -0.3 is 9.32 Å². The first kappa shape index (κ1) is 20.9. The third-order valence-corrected chi connectivity index (χ3v) is 5.48. The van der Waals surface area contributed by atoms with Crippen LogP contribution in [-0.4, -0.2) is 28.5 Å². The van der Waals surface area contributed by atoms with Crippen LogP contribution in [0, 0.1) is 10.1 Å². The molecular weight excluding hydrogens is 413 g/mol. The summed E-state index contributed by atoms with van der Waals surface area (Å²) in [6, 6.07) is 9.34. The molecule has 31 heavy (non-hydrogen) atoms. The molecule has 1 amide bonds. The average Bonchev–Trinajstić information content (AvgIpc) is 3.31. The van der Waals surface area contributed by atoms with Crippen LogP contribution in [0.3, 0.4) is 0 Å². The Balaban J connectivity index is 1.61. The smallest absolute Gasteiger partial charge is 0.406 e. The number of benzene rings is 2. The quantitative estimate of drug-likeness (QED) is 0.407. The van der Waals surface area contributed by atoms with Gasteiger partial charge in [0, 0.05) is 22.6 Å². The number of para-hydroxylation sites is 1. The van der Waals surface area contributed by atoms with Crippen LogP contribution < -0.4 is 0 Å². The molecule has 6 nitrogen and oxygen atoms in total. The Labute approximate surface area is 175 Å². The highest BCUT2D eigenvalue weighted by molar-refractivity contribution is 5.88. The number of nitrogens with zero attached hydrogens (tertiary/aromatic N) is 2. The van der Waals surface area contributed by atoms with Gasteiger partial charge in [0.1, 0.15) is 12.1 Å². The van der Waals surface area contributed by atoms with E-state index in [1.54, 1.807) is 0 Å². The van der Waals surface area contributed by atoms with Crippen molar-refractivity contribution in [2.24, 2.45) is 0 Å². The van der Waals surface area contributed by atoms with Crippen LogP contribution >= 0.6 is 0 Å². The van der Waals surface area contributed by atoms with E-state index in [2.05, 4.69) is 0 Å². The Morgan fingerprint density at radius 1 is 1.13 bits per heavy atom. The SMILES string of the molecule is O=C(Cc1coc2cc3c(cc12)CCC3)N(Cc1ccccc1[N+](=O)[O-])CC(F)(F)F. The van der Waals surface area contributed by atoms with Crippen LogP contribution in [0.4, 0.5) is 18.9 Å². The van der Waals surface area contributed by atoms with Crippen LogP contribution in [-0.2, 0) is 30.6 Å². The molecule has 0 spiro atoms. The number of amides is 1. The van der Waals surface area contributed by atoms with E-state index in [1.807, 2.05) is 12.1 Å². The van der Waals surface area contributed by atoms with Gasteiger partial charge in [-0.2, -0.15) is 13.2 Å². The van der Waals surface area contributed by atoms with Gasteiger partial charge in [0.2, 0.25) is 5.91 Å². The molecule has 0 bridgehead atoms. The number of fused-ring (bicyclic) bond motifs is 2. The molecule has 1 aliphatic rings. The number of nitro benzene ring substituents is 1. The van der Waals surface area contributed by atoms with Gasteiger partial charge in [-0.1, -0.05) is 18.2 Å². The molecule has 3 aromatic rings. The molecule has 0 unspecified atom stereocenters. The van der Waals surface area contributed by atoms with Crippen LogP contribution in [0.15, 0.2) is 47.1 Å². The van der Waals surface area contributed by atoms with Crippen molar-refractivity contribution in [1.82, 2.24) is 4.90 Å². The monoisotopic (exact) mass is 432 g/mol. The Morgan fingerprint density at radius 2 is 1.84 bits per heavy atom. The summed E-state index contributed by atoms with van der Waals surface area (Å²) in [4.78, 5) is 24.0. The van der Waals surface area contributed by atoms with Crippen molar-refractivity contribution in [1.29, 1.82) is 0 Å². The van der Waals surface area contributed by atoms with Gasteiger partial charge in [-0.3, -0.25) is 14.9 Å². The number of carbonyl (C=O) groups is 1. The third kappa shape index (κ3) is 4.55. The molecule has 0 N–H and O–H groups in total. The second kappa shape index (κ2) is 8.05. The lowest BCUT2D eigenvalue weighted by molar-refractivity contribution is -0.385. The predicted molar refractivity (Wildman–Crippen MR) is 107 cm³/mol. The van der Waals surface area contributed by atoms with Gasteiger partial charge in [0.15, 0.2) is 0 Å². The lowest BCUT2D eigenvalue weighted by Gasteiger charge is -2.24. The number of carbonyl (C=O) groups excluding carboxylic acids is 1. The van der Waals surface area contributed by atoms with E-state index in [-0.39, 0.29) is 17.7 Å². The number of halogens is 3. The van der Waals surface area contributed by atoms with Gasteiger partial charge in [0.05, 0.1) is 24.2 Å².